The molecule has 0 fully saturated rings. The Morgan fingerprint density at radius 1 is 0.327 bits per heavy atom. The van der Waals surface area contributed by atoms with Crippen LogP contribution in [0.5, 0.6) is 0 Å². The summed E-state index contributed by atoms with van der Waals surface area (Å²) < 4.78 is 0. The standard InChI is InChI=1S/C52H35N3/c1-5-16-36(17-6-1)43-25-13-14-26-46(43)50-34-49(37-18-7-2-8-19-37)54-51(55-50)39-28-30-45-44-29-27-38(40-20-15-31-53-35-40)32-47(44)52(48(45)33-39,41-21-9-3-10-22-41)42-23-11-4-12-24-42/h1-35H. The molecule has 55 heavy (non-hydrogen) atoms. The van der Waals surface area contributed by atoms with Crippen molar-refractivity contribution >= 4 is 0 Å². The predicted molar refractivity (Wildman–Crippen MR) is 224 cm³/mol. The summed E-state index contributed by atoms with van der Waals surface area (Å²) in [5.41, 5.74) is 16.0. The van der Waals surface area contributed by atoms with Gasteiger partial charge in [0.25, 0.3) is 0 Å². The van der Waals surface area contributed by atoms with Crippen LogP contribution in [0.2, 0.25) is 0 Å². The van der Waals surface area contributed by atoms with E-state index < -0.39 is 5.41 Å². The molecule has 0 aliphatic heterocycles. The lowest BCUT2D eigenvalue weighted by atomic mass is 9.67. The van der Waals surface area contributed by atoms with Crippen molar-refractivity contribution in [2.24, 2.45) is 0 Å². The van der Waals surface area contributed by atoms with E-state index in [2.05, 4.69) is 193 Å². The SMILES string of the molecule is c1ccc(-c2cc(-c3ccccc3-c3ccccc3)nc(-c3ccc4c(c3)C(c3ccccc3)(c3ccccc3)c3cc(-c5cccnc5)ccc3-4)n2)cc1. The van der Waals surface area contributed by atoms with Crippen molar-refractivity contribution in [3.05, 3.63) is 235 Å². The maximum absolute atomic E-state index is 5.39. The van der Waals surface area contributed by atoms with Crippen molar-refractivity contribution < 1.29 is 0 Å². The summed E-state index contributed by atoms with van der Waals surface area (Å²) in [7, 11) is 0. The molecule has 10 rings (SSSR count). The molecule has 3 heteroatoms. The van der Waals surface area contributed by atoms with E-state index in [9.17, 15) is 0 Å². The van der Waals surface area contributed by atoms with Gasteiger partial charge in [0.05, 0.1) is 16.8 Å². The third-order valence-corrected chi connectivity index (χ3v) is 10.9. The molecular weight excluding hydrogens is 667 g/mol. The van der Waals surface area contributed by atoms with Crippen molar-refractivity contribution in [3.8, 4) is 67.3 Å². The number of hydrogen-bond acceptors (Lipinski definition) is 3. The molecule has 1 aliphatic rings. The van der Waals surface area contributed by atoms with Crippen molar-refractivity contribution in [1.29, 1.82) is 0 Å². The molecule has 3 nitrogen and oxygen atoms in total. The van der Waals surface area contributed by atoms with Crippen LogP contribution in [0.1, 0.15) is 22.3 Å². The van der Waals surface area contributed by atoms with Crippen molar-refractivity contribution in [1.82, 2.24) is 15.0 Å². The summed E-state index contributed by atoms with van der Waals surface area (Å²) in [5.74, 6) is 0.684. The van der Waals surface area contributed by atoms with Gasteiger partial charge in [-0.1, -0.05) is 176 Å². The third-order valence-electron chi connectivity index (χ3n) is 10.9. The van der Waals surface area contributed by atoms with Crippen LogP contribution >= 0.6 is 0 Å². The van der Waals surface area contributed by atoms with E-state index in [4.69, 9.17) is 9.97 Å². The Morgan fingerprint density at radius 2 is 0.836 bits per heavy atom. The van der Waals surface area contributed by atoms with Crippen LogP contribution in [0.3, 0.4) is 0 Å². The Hall–Kier alpha value is -7.23. The van der Waals surface area contributed by atoms with Crippen LogP contribution in [0.15, 0.2) is 213 Å². The molecule has 0 spiro atoms. The number of rotatable bonds is 7. The second-order valence-electron chi connectivity index (χ2n) is 14.0. The normalized spacial score (nSPS) is 12.5. The Kier molecular flexibility index (Phi) is 8.04. The lowest BCUT2D eigenvalue weighted by Crippen LogP contribution is -2.28. The topological polar surface area (TPSA) is 38.7 Å². The molecule has 0 unspecified atom stereocenters. The molecule has 0 atom stereocenters. The maximum atomic E-state index is 5.39. The summed E-state index contributed by atoms with van der Waals surface area (Å²) in [6, 6.07) is 71.3. The summed E-state index contributed by atoms with van der Waals surface area (Å²) in [5, 5.41) is 0. The van der Waals surface area contributed by atoms with Crippen LogP contribution < -0.4 is 0 Å². The quantitative estimate of drug-likeness (QED) is 0.166. The van der Waals surface area contributed by atoms with E-state index in [0.29, 0.717) is 5.82 Å². The highest BCUT2D eigenvalue weighted by Gasteiger charge is 2.46. The molecule has 258 valence electrons. The number of nitrogens with zero attached hydrogens (tertiary/aromatic N) is 3. The summed E-state index contributed by atoms with van der Waals surface area (Å²) in [4.78, 5) is 15.2. The highest BCUT2D eigenvalue weighted by atomic mass is 14.9. The van der Waals surface area contributed by atoms with Crippen LogP contribution in [0.25, 0.3) is 67.3 Å². The molecule has 2 aromatic heterocycles. The van der Waals surface area contributed by atoms with Gasteiger partial charge in [-0.2, -0.15) is 0 Å². The van der Waals surface area contributed by atoms with Gasteiger partial charge in [0.1, 0.15) is 0 Å². The van der Waals surface area contributed by atoms with E-state index in [-0.39, 0.29) is 0 Å². The number of pyridine rings is 1. The van der Waals surface area contributed by atoms with Gasteiger partial charge in [-0.05, 0) is 79.9 Å². The molecule has 0 bridgehead atoms. The number of hydrogen-bond donors (Lipinski definition) is 0. The van der Waals surface area contributed by atoms with E-state index in [0.717, 1.165) is 50.3 Å². The van der Waals surface area contributed by atoms with E-state index in [1.807, 2.05) is 24.5 Å². The third kappa shape index (κ3) is 5.57. The monoisotopic (exact) mass is 701 g/mol. The fourth-order valence-electron chi connectivity index (χ4n) is 8.39. The fourth-order valence-corrected chi connectivity index (χ4v) is 8.39. The van der Waals surface area contributed by atoms with E-state index in [1.165, 1.54) is 33.4 Å². The number of aromatic nitrogens is 3. The molecule has 0 radical (unpaired) electrons. The predicted octanol–water partition coefficient (Wildman–Crippen LogP) is 12.6. The second-order valence-corrected chi connectivity index (χ2v) is 14.0. The van der Waals surface area contributed by atoms with Gasteiger partial charge >= 0.3 is 0 Å². The zero-order chi connectivity index (χ0) is 36.6. The molecular formula is C52H35N3. The van der Waals surface area contributed by atoms with E-state index >= 15 is 0 Å². The summed E-state index contributed by atoms with van der Waals surface area (Å²) in [6.07, 6.45) is 3.77. The van der Waals surface area contributed by atoms with Crippen LogP contribution in [0, 0.1) is 0 Å². The Bertz CT molecular complexity index is 2740. The van der Waals surface area contributed by atoms with Crippen LogP contribution in [0.4, 0.5) is 0 Å². The lowest BCUT2D eigenvalue weighted by molar-refractivity contribution is 0.769. The maximum Gasteiger partial charge on any atom is 0.160 e. The molecule has 0 saturated carbocycles. The second kappa shape index (κ2) is 13.6. The highest BCUT2D eigenvalue weighted by molar-refractivity contribution is 5.90. The molecule has 0 saturated heterocycles. The van der Waals surface area contributed by atoms with Crippen LogP contribution in [-0.2, 0) is 5.41 Å². The van der Waals surface area contributed by atoms with Gasteiger partial charge in [0.2, 0.25) is 0 Å². The summed E-state index contributed by atoms with van der Waals surface area (Å²) >= 11 is 0. The summed E-state index contributed by atoms with van der Waals surface area (Å²) in [6.45, 7) is 0. The van der Waals surface area contributed by atoms with Gasteiger partial charge < -0.3 is 0 Å². The van der Waals surface area contributed by atoms with E-state index in [1.54, 1.807) is 0 Å². The van der Waals surface area contributed by atoms with Gasteiger partial charge in [0, 0.05) is 29.1 Å². The molecule has 2 heterocycles. The Morgan fingerprint density at radius 3 is 1.45 bits per heavy atom. The molecule has 9 aromatic rings. The molecule has 7 aromatic carbocycles. The first kappa shape index (κ1) is 32.4. The molecule has 1 aliphatic carbocycles. The first-order valence-corrected chi connectivity index (χ1v) is 18.7. The van der Waals surface area contributed by atoms with Gasteiger partial charge in [-0.25, -0.2) is 9.97 Å². The zero-order valence-electron chi connectivity index (χ0n) is 30.0. The van der Waals surface area contributed by atoms with Gasteiger partial charge in [-0.15, -0.1) is 0 Å². The lowest BCUT2D eigenvalue weighted by Gasteiger charge is -2.34. The van der Waals surface area contributed by atoms with Gasteiger partial charge in [0.15, 0.2) is 5.82 Å². The number of benzene rings is 7. The Balaban J connectivity index is 1.23. The first-order chi connectivity index (χ1) is 27.3. The average molecular weight is 702 g/mol. The van der Waals surface area contributed by atoms with Crippen LogP contribution in [-0.4, -0.2) is 15.0 Å². The van der Waals surface area contributed by atoms with Crippen molar-refractivity contribution in [3.63, 3.8) is 0 Å². The molecule has 0 N–H and O–H groups in total. The average Bonchev–Trinajstić information content (AvgIpc) is 3.57. The fraction of sp³-hybridized carbons (Fsp3) is 0.0192. The zero-order valence-corrected chi connectivity index (χ0v) is 30.0. The first-order valence-electron chi connectivity index (χ1n) is 18.7. The largest absolute Gasteiger partial charge is 0.264 e. The number of fused-ring (bicyclic) bond motifs is 3. The smallest absolute Gasteiger partial charge is 0.160 e. The van der Waals surface area contributed by atoms with Crippen molar-refractivity contribution in [2.75, 3.05) is 0 Å². The molecule has 0 amide bonds. The van der Waals surface area contributed by atoms with Crippen molar-refractivity contribution in [2.45, 2.75) is 5.41 Å². The minimum atomic E-state index is -0.596. The minimum absolute atomic E-state index is 0.596. The Labute approximate surface area is 321 Å². The highest BCUT2D eigenvalue weighted by Crippen LogP contribution is 2.57. The van der Waals surface area contributed by atoms with Gasteiger partial charge in [-0.3, -0.25) is 4.98 Å². The minimum Gasteiger partial charge on any atom is -0.264 e.